The Morgan fingerprint density at radius 3 is 2.53 bits per heavy atom. The van der Waals surface area contributed by atoms with E-state index in [1.165, 1.54) is 30.7 Å². The van der Waals surface area contributed by atoms with E-state index in [0.29, 0.717) is 45.9 Å². The van der Waals surface area contributed by atoms with E-state index in [2.05, 4.69) is 4.57 Å². The van der Waals surface area contributed by atoms with Crippen molar-refractivity contribution >= 4 is 44.4 Å². The molecule has 170 valence electrons. The van der Waals surface area contributed by atoms with Crippen LogP contribution in [0.25, 0.3) is 11.0 Å². The number of nitrogens with zero attached hydrogens (tertiary/aromatic N) is 3. The Balaban J connectivity index is 1.51. The number of rotatable bonds is 6. The Morgan fingerprint density at radius 2 is 1.81 bits per heavy atom. The fourth-order valence-corrected chi connectivity index (χ4v) is 7.46. The molecule has 32 heavy (non-hydrogen) atoms. The molecule has 1 aliphatic heterocycles. The molecule has 1 saturated heterocycles. The van der Waals surface area contributed by atoms with Crippen LogP contribution in [0, 0.1) is 5.82 Å². The topological polar surface area (TPSA) is 55.2 Å². The molecule has 0 atom stereocenters. The Hall–Kier alpha value is -1.61. The highest BCUT2D eigenvalue weighted by molar-refractivity contribution is 7.98. The number of benzene rings is 2. The average molecular weight is 494 g/mol. The zero-order chi connectivity index (χ0) is 22.3. The lowest BCUT2D eigenvalue weighted by Gasteiger charge is -2.17. The van der Waals surface area contributed by atoms with Crippen LogP contribution in [0.5, 0.6) is 0 Å². The van der Waals surface area contributed by atoms with Crippen molar-refractivity contribution in [2.45, 2.75) is 60.4 Å². The van der Waals surface area contributed by atoms with E-state index >= 15 is 0 Å². The van der Waals surface area contributed by atoms with Crippen molar-refractivity contribution in [3.63, 3.8) is 0 Å². The molecule has 2 aliphatic rings. The fraction of sp³-hybridized carbons (Fsp3) is 0.435. The maximum atomic E-state index is 14.3. The number of imidazole rings is 1. The van der Waals surface area contributed by atoms with Crippen LogP contribution in [0.15, 0.2) is 46.5 Å². The predicted octanol–water partition coefficient (Wildman–Crippen LogP) is 6.02. The van der Waals surface area contributed by atoms with E-state index in [0.717, 1.165) is 36.4 Å². The third-order valence-corrected chi connectivity index (χ3v) is 9.52. The Kier molecular flexibility index (Phi) is 6.22. The van der Waals surface area contributed by atoms with Gasteiger partial charge in [-0.15, -0.1) is 0 Å². The zero-order valence-corrected chi connectivity index (χ0v) is 20.0. The van der Waals surface area contributed by atoms with E-state index in [4.69, 9.17) is 16.6 Å². The van der Waals surface area contributed by atoms with Crippen LogP contribution in [0.1, 0.15) is 50.1 Å². The van der Waals surface area contributed by atoms with Crippen molar-refractivity contribution in [2.75, 3.05) is 13.1 Å². The van der Waals surface area contributed by atoms with Crippen molar-refractivity contribution in [1.29, 1.82) is 0 Å². The molecule has 0 bridgehead atoms. The number of aromatic nitrogens is 2. The largest absolute Gasteiger partial charge is 0.316 e. The highest BCUT2D eigenvalue weighted by Gasteiger charge is 2.29. The molecule has 5 nitrogen and oxygen atoms in total. The molecular formula is C23H25ClFN3O2S2. The molecule has 2 aromatic carbocycles. The van der Waals surface area contributed by atoms with Crippen molar-refractivity contribution in [3.05, 3.63) is 52.8 Å². The molecule has 2 fully saturated rings. The molecule has 1 aliphatic carbocycles. The van der Waals surface area contributed by atoms with E-state index < -0.39 is 10.0 Å². The third-order valence-electron chi connectivity index (χ3n) is 6.39. The van der Waals surface area contributed by atoms with Gasteiger partial charge < -0.3 is 4.57 Å². The first-order chi connectivity index (χ1) is 15.4. The average Bonchev–Trinajstić information content (AvgIpc) is 3.52. The summed E-state index contributed by atoms with van der Waals surface area (Å²) in [4.78, 5) is 5.11. The van der Waals surface area contributed by atoms with Gasteiger partial charge in [-0.2, -0.15) is 4.31 Å². The minimum atomic E-state index is -3.50. The SMILES string of the molecule is O=S(=O)(c1ccc2c(c1)nc(SCc1ccc(Cl)cc1F)n2C1CCCC1)N1CCCC1. The molecule has 3 aromatic rings. The molecule has 5 rings (SSSR count). The summed E-state index contributed by atoms with van der Waals surface area (Å²) < 4.78 is 44.2. The monoisotopic (exact) mass is 493 g/mol. The van der Waals surface area contributed by atoms with E-state index in [9.17, 15) is 12.8 Å². The summed E-state index contributed by atoms with van der Waals surface area (Å²) in [6.45, 7) is 1.15. The van der Waals surface area contributed by atoms with E-state index in [1.54, 1.807) is 28.6 Å². The van der Waals surface area contributed by atoms with E-state index in [1.807, 2.05) is 6.07 Å². The lowest BCUT2D eigenvalue weighted by Crippen LogP contribution is -2.27. The first kappa shape index (κ1) is 22.2. The second-order valence-corrected chi connectivity index (χ2v) is 11.8. The highest BCUT2D eigenvalue weighted by Crippen LogP contribution is 2.38. The first-order valence-electron chi connectivity index (χ1n) is 11.0. The van der Waals surface area contributed by atoms with Gasteiger partial charge in [0.25, 0.3) is 0 Å². The van der Waals surface area contributed by atoms with Crippen LogP contribution < -0.4 is 0 Å². The van der Waals surface area contributed by atoms with Gasteiger partial charge in [-0.05, 0) is 61.6 Å². The van der Waals surface area contributed by atoms with Gasteiger partial charge in [-0.3, -0.25) is 0 Å². The summed E-state index contributed by atoms with van der Waals surface area (Å²) in [5.41, 5.74) is 2.19. The van der Waals surface area contributed by atoms with Gasteiger partial charge in [-0.25, -0.2) is 17.8 Å². The van der Waals surface area contributed by atoms with Crippen LogP contribution >= 0.6 is 23.4 Å². The third kappa shape index (κ3) is 4.18. The van der Waals surface area contributed by atoms with Crippen LogP contribution in [0.3, 0.4) is 0 Å². The molecule has 0 N–H and O–H groups in total. The Labute approximate surface area is 197 Å². The first-order valence-corrected chi connectivity index (χ1v) is 13.8. The number of thioether (sulfide) groups is 1. The van der Waals surface area contributed by atoms with Crippen molar-refractivity contribution < 1.29 is 12.8 Å². The van der Waals surface area contributed by atoms with E-state index in [-0.39, 0.29) is 5.82 Å². The Bertz CT molecular complexity index is 1250. The number of sulfonamides is 1. The fourth-order valence-electron chi connectivity index (χ4n) is 4.69. The summed E-state index contributed by atoms with van der Waals surface area (Å²) in [6.07, 6.45) is 6.29. The summed E-state index contributed by atoms with van der Waals surface area (Å²) in [5, 5.41) is 1.18. The molecule has 0 radical (unpaired) electrons. The minimum Gasteiger partial charge on any atom is -0.316 e. The van der Waals surface area contributed by atoms with Gasteiger partial charge in [0.2, 0.25) is 10.0 Å². The summed E-state index contributed by atoms with van der Waals surface area (Å²) >= 11 is 7.36. The lowest BCUT2D eigenvalue weighted by molar-refractivity contribution is 0.477. The number of hydrogen-bond donors (Lipinski definition) is 0. The lowest BCUT2D eigenvalue weighted by atomic mass is 10.2. The maximum Gasteiger partial charge on any atom is 0.243 e. The number of hydrogen-bond acceptors (Lipinski definition) is 4. The van der Waals surface area contributed by atoms with Crippen LogP contribution in [0.4, 0.5) is 4.39 Å². The van der Waals surface area contributed by atoms with Gasteiger partial charge >= 0.3 is 0 Å². The quantitative estimate of drug-likeness (QED) is 0.394. The van der Waals surface area contributed by atoms with Gasteiger partial charge in [0, 0.05) is 29.9 Å². The smallest absolute Gasteiger partial charge is 0.243 e. The van der Waals surface area contributed by atoms with Gasteiger partial charge in [0.15, 0.2) is 5.16 Å². The standard InChI is InChI=1S/C23H25ClFN3O2S2/c24-17-8-7-16(20(25)13-17)15-31-23-26-21-14-19(32(29,30)27-11-3-4-12-27)9-10-22(21)28(23)18-5-1-2-6-18/h7-10,13-14,18H,1-6,11-12,15H2. The molecule has 1 saturated carbocycles. The molecule has 0 unspecified atom stereocenters. The number of halogens is 2. The zero-order valence-electron chi connectivity index (χ0n) is 17.6. The molecule has 0 spiro atoms. The molecule has 0 amide bonds. The van der Waals surface area contributed by atoms with Crippen LogP contribution in [-0.2, 0) is 15.8 Å². The van der Waals surface area contributed by atoms with Crippen LogP contribution in [-0.4, -0.2) is 35.4 Å². The molecule has 9 heteroatoms. The molecular weight excluding hydrogens is 469 g/mol. The van der Waals surface area contributed by atoms with Crippen molar-refractivity contribution in [3.8, 4) is 0 Å². The van der Waals surface area contributed by atoms with Crippen molar-refractivity contribution in [1.82, 2.24) is 13.9 Å². The Morgan fingerprint density at radius 1 is 1.06 bits per heavy atom. The summed E-state index contributed by atoms with van der Waals surface area (Å²) in [6, 6.07) is 10.3. The van der Waals surface area contributed by atoms with Gasteiger partial charge in [-0.1, -0.05) is 42.3 Å². The predicted molar refractivity (Wildman–Crippen MR) is 126 cm³/mol. The van der Waals surface area contributed by atoms with Crippen molar-refractivity contribution in [2.24, 2.45) is 0 Å². The molecule has 2 heterocycles. The molecule has 1 aromatic heterocycles. The second-order valence-electron chi connectivity index (χ2n) is 8.49. The highest BCUT2D eigenvalue weighted by atomic mass is 35.5. The van der Waals surface area contributed by atoms with Crippen LogP contribution in [0.2, 0.25) is 5.02 Å². The minimum absolute atomic E-state index is 0.295. The summed E-state index contributed by atoms with van der Waals surface area (Å²) in [5.74, 6) is 0.102. The maximum absolute atomic E-state index is 14.3. The van der Waals surface area contributed by atoms with Gasteiger partial charge in [0.05, 0.1) is 15.9 Å². The normalized spacial score (nSPS) is 18.2. The second kappa shape index (κ2) is 8.97. The van der Waals surface area contributed by atoms with Gasteiger partial charge in [0.1, 0.15) is 5.82 Å². The summed E-state index contributed by atoms with van der Waals surface area (Å²) in [7, 11) is -3.50. The number of fused-ring (bicyclic) bond motifs is 1.